The number of thioether (sulfide) groups is 1. The fourth-order valence-electron chi connectivity index (χ4n) is 3.08. The van der Waals surface area contributed by atoms with Crippen LogP contribution in [0.3, 0.4) is 0 Å². The van der Waals surface area contributed by atoms with Gasteiger partial charge in [0, 0.05) is 11.9 Å². The molecule has 1 aromatic rings. The SMILES string of the molecule is Nc1ccc(SC2CCOC3(CCCC3)C2)nc1. The van der Waals surface area contributed by atoms with Gasteiger partial charge in [-0.15, -0.1) is 11.8 Å². The summed E-state index contributed by atoms with van der Waals surface area (Å²) in [6.07, 6.45) is 9.22. The Bertz CT molecular complexity index is 401. The van der Waals surface area contributed by atoms with E-state index in [1.807, 2.05) is 23.9 Å². The smallest absolute Gasteiger partial charge is 0.0964 e. The van der Waals surface area contributed by atoms with Crippen molar-refractivity contribution in [3.63, 3.8) is 0 Å². The van der Waals surface area contributed by atoms with Crippen molar-refractivity contribution in [3.8, 4) is 0 Å². The van der Waals surface area contributed by atoms with Crippen LogP contribution in [0.2, 0.25) is 0 Å². The lowest BCUT2D eigenvalue weighted by Gasteiger charge is -2.37. The molecule has 1 saturated carbocycles. The first kappa shape index (κ1) is 12.3. The quantitative estimate of drug-likeness (QED) is 0.890. The Kier molecular flexibility index (Phi) is 3.48. The molecule has 2 heterocycles. The predicted octanol–water partition coefficient (Wildman–Crippen LogP) is 3.25. The van der Waals surface area contributed by atoms with Gasteiger partial charge < -0.3 is 10.5 Å². The molecule has 2 aliphatic rings. The molecule has 3 nitrogen and oxygen atoms in total. The first-order valence-electron chi connectivity index (χ1n) is 6.78. The van der Waals surface area contributed by atoms with Gasteiger partial charge in [0.15, 0.2) is 0 Å². The van der Waals surface area contributed by atoms with Gasteiger partial charge in [0.1, 0.15) is 0 Å². The van der Waals surface area contributed by atoms with E-state index in [0.29, 0.717) is 5.25 Å². The highest BCUT2D eigenvalue weighted by Crippen LogP contribution is 2.44. The molecule has 1 aromatic heterocycles. The number of nitrogen functional groups attached to an aromatic ring is 1. The molecule has 1 atom stereocenters. The second kappa shape index (κ2) is 5.10. The Labute approximate surface area is 113 Å². The van der Waals surface area contributed by atoms with Gasteiger partial charge in [-0.3, -0.25) is 0 Å². The minimum absolute atomic E-state index is 0.198. The molecule has 98 valence electrons. The van der Waals surface area contributed by atoms with Gasteiger partial charge in [-0.25, -0.2) is 4.98 Å². The highest BCUT2D eigenvalue weighted by molar-refractivity contribution is 7.99. The molecule has 1 aliphatic heterocycles. The third kappa shape index (κ3) is 2.64. The van der Waals surface area contributed by atoms with Crippen LogP contribution in [0.25, 0.3) is 0 Å². The van der Waals surface area contributed by atoms with Crippen molar-refractivity contribution < 1.29 is 4.74 Å². The summed E-state index contributed by atoms with van der Waals surface area (Å²) in [7, 11) is 0. The summed E-state index contributed by atoms with van der Waals surface area (Å²) in [6.45, 7) is 0.909. The van der Waals surface area contributed by atoms with Crippen LogP contribution in [0, 0.1) is 0 Å². The van der Waals surface area contributed by atoms with Gasteiger partial charge in [0.25, 0.3) is 0 Å². The largest absolute Gasteiger partial charge is 0.397 e. The van der Waals surface area contributed by atoms with Gasteiger partial charge >= 0.3 is 0 Å². The number of nitrogens with two attached hydrogens (primary N) is 1. The molecule has 1 spiro atoms. The summed E-state index contributed by atoms with van der Waals surface area (Å²) in [4.78, 5) is 4.38. The lowest BCUT2D eigenvalue weighted by molar-refractivity contribution is -0.0704. The molecule has 2 N–H and O–H groups in total. The monoisotopic (exact) mass is 264 g/mol. The van der Waals surface area contributed by atoms with Crippen LogP contribution in [-0.4, -0.2) is 22.4 Å². The second-order valence-corrected chi connectivity index (χ2v) is 6.72. The Morgan fingerprint density at radius 3 is 2.89 bits per heavy atom. The molecule has 0 aromatic carbocycles. The number of nitrogens with zero attached hydrogens (tertiary/aromatic N) is 1. The van der Waals surface area contributed by atoms with Crippen molar-refractivity contribution >= 4 is 17.4 Å². The van der Waals surface area contributed by atoms with E-state index in [9.17, 15) is 0 Å². The minimum Gasteiger partial charge on any atom is -0.397 e. The lowest BCUT2D eigenvalue weighted by atomic mass is 9.92. The maximum absolute atomic E-state index is 6.06. The molecule has 3 rings (SSSR count). The average Bonchev–Trinajstić information content (AvgIpc) is 2.80. The molecular weight excluding hydrogens is 244 g/mol. The molecular formula is C14H20N2OS. The van der Waals surface area contributed by atoms with E-state index >= 15 is 0 Å². The van der Waals surface area contributed by atoms with Crippen molar-refractivity contribution in [1.29, 1.82) is 0 Å². The highest BCUT2D eigenvalue weighted by atomic mass is 32.2. The first-order valence-corrected chi connectivity index (χ1v) is 7.66. The van der Waals surface area contributed by atoms with Crippen LogP contribution in [0.1, 0.15) is 38.5 Å². The van der Waals surface area contributed by atoms with Crippen molar-refractivity contribution in [3.05, 3.63) is 18.3 Å². The zero-order chi connectivity index (χ0) is 12.4. The van der Waals surface area contributed by atoms with E-state index in [2.05, 4.69) is 4.98 Å². The topological polar surface area (TPSA) is 48.1 Å². The zero-order valence-electron chi connectivity index (χ0n) is 10.6. The summed E-state index contributed by atoms with van der Waals surface area (Å²) in [5.41, 5.74) is 6.60. The third-order valence-electron chi connectivity index (χ3n) is 4.01. The summed E-state index contributed by atoms with van der Waals surface area (Å²) in [5, 5.41) is 1.73. The third-order valence-corrected chi connectivity index (χ3v) is 5.23. The average molecular weight is 264 g/mol. The van der Waals surface area contributed by atoms with E-state index < -0.39 is 0 Å². The number of hydrogen-bond acceptors (Lipinski definition) is 4. The standard InChI is InChI=1S/C14H20N2OS/c15-11-3-4-13(16-10-11)18-12-5-8-17-14(9-12)6-1-2-7-14/h3-4,10,12H,1-2,5-9,15H2. The second-order valence-electron chi connectivity index (χ2n) is 5.40. The molecule has 0 bridgehead atoms. The van der Waals surface area contributed by atoms with Crippen LogP contribution in [-0.2, 0) is 4.74 Å². The highest BCUT2D eigenvalue weighted by Gasteiger charge is 2.40. The normalized spacial score (nSPS) is 26.6. The van der Waals surface area contributed by atoms with Crippen LogP contribution >= 0.6 is 11.8 Å². The molecule has 1 aliphatic carbocycles. The number of pyridine rings is 1. The molecule has 18 heavy (non-hydrogen) atoms. The Morgan fingerprint density at radius 1 is 1.33 bits per heavy atom. The Balaban J connectivity index is 1.64. The van der Waals surface area contributed by atoms with E-state index in [1.165, 1.54) is 32.1 Å². The number of rotatable bonds is 2. The number of hydrogen-bond donors (Lipinski definition) is 1. The predicted molar refractivity (Wildman–Crippen MR) is 74.7 cm³/mol. The van der Waals surface area contributed by atoms with Crippen molar-refractivity contribution in [1.82, 2.24) is 4.98 Å². The van der Waals surface area contributed by atoms with Crippen LogP contribution in [0.4, 0.5) is 5.69 Å². The molecule has 1 unspecified atom stereocenters. The Hall–Kier alpha value is -0.740. The summed E-state index contributed by atoms with van der Waals surface area (Å²) in [5.74, 6) is 0. The van der Waals surface area contributed by atoms with E-state index in [1.54, 1.807) is 6.20 Å². The molecule has 1 saturated heterocycles. The van der Waals surface area contributed by atoms with Crippen molar-refractivity contribution in [2.75, 3.05) is 12.3 Å². The van der Waals surface area contributed by atoms with Gasteiger partial charge in [0.05, 0.1) is 22.5 Å². The van der Waals surface area contributed by atoms with E-state index in [0.717, 1.165) is 23.7 Å². The summed E-state index contributed by atoms with van der Waals surface area (Å²) in [6, 6.07) is 3.96. The first-order chi connectivity index (χ1) is 8.76. The Morgan fingerprint density at radius 2 is 2.17 bits per heavy atom. The maximum Gasteiger partial charge on any atom is 0.0964 e. The molecule has 2 fully saturated rings. The molecule has 4 heteroatoms. The van der Waals surface area contributed by atoms with Gasteiger partial charge in [-0.1, -0.05) is 12.8 Å². The van der Waals surface area contributed by atoms with E-state index in [-0.39, 0.29) is 5.60 Å². The van der Waals surface area contributed by atoms with Gasteiger partial charge in [-0.05, 0) is 37.8 Å². The maximum atomic E-state index is 6.06. The zero-order valence-corrected chi connectivity index (χ0v) is 11.4. The molecule has 0 radical (unpaired) electrons. The summed E-state index contributed by atoms with van der Waals surface area (Å²) >= 11 is 1.89. The minimum atomic E-state index is 0.198. The lowest BCUT2D eigenvalue weighted by Crippen LogP contribution is -2.38. The number of anilines is 1. The van der Waals surface area contributed by atoms with Crippen LogP contribution in [0.15, 0.2) is 23.4 Å². The van der Waals surface area contributed by atoms with E-state index in [4.69, 9.17) is 10.5 Å². The van der Waals surface area contributed by atoms with Crippen LogP contribution < -0.4 is 5.73 Å². The number of aromatic nitrogens is 1. The van der Waals surface area contributed by atoms with Crippen molar-refractivity contribution in [2.45, 2.75) is 54.4 Å². The molecule has 0 amide bonds. The van der Waals surface area contributed by atoms with Crippen LogP contribution in [0.5, 0.6) is 0 Å². The number of ether oxygens (including phenoxy) is 1. The fourth-order valence-corrected chi connectivity index (χ4v) is 4.29. The van der Waals surface area contributed by atoms with Gasteiger partial charge in [-0.2, -0.15) is 0 Å². The summed E-state index contributed by atoms with van der Waals surface area (Å²) < 4.78 is 6.06. The fraction of sp³-hybridized carbons (Fsp3) is 0.643. The van der Waals surface area contributed by atoms with Crippen molar-refractivity contribution in [2.24, 2.45) is 0 Å². The van der Waals surface area contributed by atoms with Gasteiger partial charge in [0.2, 0.25) is 0 Å².